The summed E-state index contributed by atoms with van der Waals surface area (Å²) in [6.45, 7) is 4.18. The van der Waals surface area contributed by atoms with Crippen LogP contribution in [0.2, 0.25) is 10.0 Å². The van der Waals surface area contributed by atoms with Gasteiger partial charge in [0.05, 0.1) is 21.3 Å². The number of halogens is 2. The Kier molecular flexibility index (Phi) is 7.38. The molecule has 0 saturated carbocycles. The molecule has 4 nitrogen and oxygen atoms in total. The molecule has 1 aliphatic heterocycles. The Hall–Kier alpha value is -1.56. The molecule has 0 atom stereocenters. The summed E-state index contributed by atoms with van der Waals surface area (Å²) in [5.74, 6) is 0.195. The van der Waals surface area contributed by atoms with Crippen molar-refractivity contribution in [3.05, 3.63) is 56.2 Å². The molecule has 2 amide bonds. The summed E-state index contributed by atoms with van der Waals surface area (Å²) < 4.78 is 0. The zero-order chi connectivity index (χ0) is 20.1. The summed E-state index contributed by atoms with van der Waals surface area (Å²) in [7, 11) is 0. The Labute approximate surface area is 180 Å². The molecule has 0 unspecified atom stereocenters. The highest BCUT2D eigenvalue weighted by atomic mass is 35.5. The van der Waals surface area contributed by atoms with Gasteiger partial charge < -0.3 is 9.80 Å². The van der Waals surface area contributed by atoms with E-state index in [0.717, 1.165) is 36.2 Å². The standard InChI is InChI=1S/C21H24Cl2N2O2S/c1-2-9-25(21(27)19-4-3-12-28-19)16-7-10-24(11-8-16)20(26)14-15-5-6-17(22)18(23)13-15/h3-6,12-13,16H,2,7-11,14H2,1H3. The number of carbonyl (C=O) groups is 2. The average molecular weight is 439 g/mol. The molecule has 0 spiro atoms. The average Bonchev–Trinajstić information content (AvgIpc) is 3.23. The Morgan fingerprint density at radius 3 is 2.54 bits per heavy atom. The van der Waals surface area contributed by atoms with Gasteiger partial charge in [-0.3, -0.25) is 9.59 Å². The molecule has 7 heteroatoms. The van der Waals surface area contributed by atoms with E-state index in [2.05, 4.69) is 6.92 Å². The molecule has 1 aliphatic rings. The minimum absolute atomic E-state index is 0.0865. The van der Waals surface area contributed by atoms with E-state index in [4.69, 9.17) is 23.2 Å². The summed E-state index contributed by atoms with van der Waals surface area (Å²) in [6, 6.07) is 9.28. The maximum atomic E-state index is 12.8. The van der Waals surface area contributed by atoms with E-state index in [0.29, 0.717) is 29.6 Å². The van der Waals surface area contributed by atoms with Gasteiger partial charge in [0.2, 0.25) is 5.91 Å². The van der Waals surface area contributed by atoms with E-state index < -0.39 is 0 Å². The number of nitrogens with zero attached hydrogens (tertiary/aromatic N) is 2. The molecule has 0 N–H and O–H groups in total. The van der Waals surface area contributed by atoms with E-state index in [1.165, 1.54) is 11.3 Å². The van der Waals surface area contributed by atoms with Gasteiger partial charge in [0.15, 0.2) is 0 Å². The third-order valence-corrected chi connectivity index (χ3v) is 6.65. The van der Waals surface area contributed by atoms with Crippen molar-refractivity contribution in [2.45, 2.75) is 38.6 Å². The highest BCUT2D eigenvalue weighted by molar-refractivity contribution is 7.12. The predicted octanol–water partition coefficient (Wildman–Crippen LogP) is 5.14. The molecular weight excluding hydrogens is 415 g/mol. The Morgan fingerprint density at radius 2 is 1.93 bits per heavy atom. The molecule has 0 radical (unpaired) electrons. The maximum absolute atomic E-state index is 12.8. The minimum Gasteiger partial charge on any atom is -0.342 e. The van der Waals surface area contributed by atoms with Gasteiger partial charge in [-0.15, -0.1) is 11.3 Å². The number of likely N-dealkylation sites (tertiary alicyclic amines) is 1. The van der Waals surface area contributed by atoms with Crippen molar-refractivity contribution in [3.63, 3.8) is 0 Å². The molecule has 150 valence electrons. The maximum Gasteiger partial charge on any atom is 0.264 e. The molecule has 2 aromatic rings. The zero-order valence-electron chi connectivity index (χ0n) is 15.9. The third kappa shape index (κ3) is 5.07. The second-order valence-electron chi connectivity index (χ2n) is 7.01. The zero-order valence-corrected chi connectivity index (χ0v) is 18.2. The lowest BCUT2D eigenvalue weighted by Crippen LogP contribution is -2.49. The molecule has 1 aromatic heterocycles. The summed E-state index contributed by atoms with van der Waals surface area (Å²) in [6.07, 6.45) is 2.86. The van der Waals surface area contributed by atoms with Gasteiger partial charge in [0, 0.05) is 25.7 Å². The van der Waals surface area contributed by atoms with Crippen LogP contribution in [0.4, 0.5) is 0 Å². The van der Waals surface area contributed by atoms with Crippen molar-refractivity contribution in [2.75, 3.05) is 19.6 Å². The van der Waals surface area contributed by atoms with Crippen LogP contribution in [0.5, 0.6) is 0 Å². The third-order valence-electron chi connectivity index (χ3n) is 5.05. The Morgan fingerprint density at radius 1 is 1.18 bits per heavy atom. The van der Waals surface area contributed by atoms with Crippen molar-refractivity contribution in [1.29, 1.82) is 0 Å². The van der Waals surface area contributed by atoms with Crippen molar-refractivity contribution in [2.24, 2.45) is 0 Å². The number of carbonyl (C=O) groups excluding carboxylic acids is 2. The second kappa shape index (κ2) is 9.77. The number of amides is 2. The molecule has 1 fully saturated rings. The van der Waals surface area contributed by atoms with Crippen molar-refractivity contribution in [3.8, 4) is 0 Å². The molecule has 28 heavy (non-hydrogen) atoms. The first-order chi connectivity index (χ1) is 13.5. The first kappa shape index (κ1) is 21.2. The number of piperidine rings is 1. The molecule has 0 aliphatic carbocycles. The van der Waals surface area contributed by atoms with Gasteiger partial charge in [0.25, 0.3) is 5.91 Å². The van der Waals surface area contributed by atoms with Gasteiger partial charge >= 0.3 is 0 Å². The first-order valence-electron chi connectivity index (χ1n) is 9.55. The van der Waals surface area contributed by atoms with Crippen LogP contribution in [0.25, 0.3) is 0 Å². The molecule has 1 saturated heterocycles. The van der Waals surface area contributed by atoms with Crippen molar-refractivity contribution in [1.82, 2.24) is 9.80 Å². The molecule has 2 heterocycles. The lowest BCUT2D eigenvalue weighted by atomic mass is 10.0. The van der Waals surface area contributed by atoms with Gasteiger partial charge in [-0.1, -0.05) is 42.3 Å². The molecule has 1 aromatic carbocycles. The number of thiophene rings is 1. The monoisotopic (exact) mass is 438 g/mol. The minimum atomic E-state index is 0.0865. The largest absolute Gasteiger partial charge is 0.342 e. The molecule has 3 rings (SSSR count). The van der Waals surface area contributed by atoms with Crippen LogP contribution in [0.1, 0.15) is 41.4 Å². The first-order valence-corrected chi connectivity index (χ1v) is 11.2. The topological polar surface area (TPSA) is 40.6 Å². The fourth-order valence-electron chi connectivity index (χ4n) is 3.60. The number of hydrogen-bond acceptors (Lipinski definition) is 3. The number of benzene rings is 1. The number of rotatable bonds is 6. The fraction of sp³-hybridized carbons (Fsp3) is 0.429. The summed E-state index contributed by atoms with van der Waals surface area (Å²) in [5.41, 5.74) is 0.863. The van der Waals surface area contributed by atoms with E-state index >= 15 is 0 Å². The van der Waals surface area contributed by atoms with Crippen molar-refractivity contribution >= 4 is 46.4 Å². The van der Waals surface area contributed by atoms with E-state index in [1.54, 1.807) is 12.1 Å². The second-order valence-corrected chi connectivity index (χ2v) is 8.78. The highest BCUT2D eigenvalue weighted by Gasteiger charge is 2.30. The Balaban J connectivity index is 1.58. The predicted molar refractivity (Wildman–Crippen MR) is 115 cm³/mol. The molecular formula is C21H24Cl2N2O2S. The summed E-state index contributed by atoms with van der Waals surface area (Å²) in [5, 5.41) is 2.89. The van der Waals surface area contributed by atoms with E-state index in [-0.39, 0.29) is 17.9 Å². The van der Waals surface area contributed by atoms with Crippen LogP contribution in [-0.2, 0) is 11.2 Å². The number of hydrogen-bond donors (Lipinski definition) is 0. The lowest BCUT2D eigenvalue weighted by molar-refractivity contribution is -0.131. The van der Waals surface area contributed by atoms with Crippen LogP contribution >= 0.6 is 34.5 Å². The normalized spacial score (nSPS) is 14.9. The Bertz CT molecular complexity index is 818. The van der Waals surface area contributed by atoms with Gasteiger partial charge in [-0.25, -0.2) is 0 Å². The van der Waals surface area contributed by atoms with E-state index in [1.807, 2.05) is 33.4 Å². The quantitative estimate of drug-likeness (QED) is 0.625. The SMILES string of the molecule is CCCN(C(=O)c1cccs1)C1CCN(C(=O)Cc2ccc(Cl)c(Cl)c2)CC1. The van der Waals surface area contributed by atoms with Crippen LogP contribution in [0.15, 0.2) is 35.7 Å². The smallest absolute Gasteiger partial charge is 0.264 e. The fourth-order valence-corrected chi connectivity index (χ4v) is 4.60. The van der Waals surface area contributed by atoms with Crippen LogP contribution in [-0.4, -0.2) is 47.3 Å². The van der Waals surface area contributed by atoms with Crippen LogP contribution < -0.4 is 0 Å². The van der Waals surface area contributed by atoms with E-state index in [9.17, 15) is 9.59 Å². The molecule has 0 bridgehead atoms. The highest BCUT2D eigenvalue weighted by Crippen LogP contribution is 2.24. The van der Waals surface area contributed by atoms with Gasteiger partial charge in [-0.05, 0) is 48.4 Å². The van der Waals surface area contributed by atoms with Crippen molar-refractivity contribution < 1.29 is 9.59 Å². The van der Waals surface area contributed by atoms with Gasteiger partial charge in [-0.2, -0.15) is 0 Å². The summed E-state index contributed by atoms with van der Waals surface area (Å²) >= 11 is 13.5. The van der Waals surface area contributed by atoms with Crippen LogP contribution in [0, 0.1) is 0 Å². The summed E-state index contributed by atoms with van der Waals surface area (Å²) in [4.78, 5) is 30.2. The van der Waals surface area contributed by atoms with Gasteiger partial charge in [0.1, 0.15) is 0 Å². The van der Waals surface area contributed by atoms with Crippen LogP contribution in [0.3, 0.4) is 0 Å². The lowest BCUT2D eigenvalue weighted by Gasteiger charge is -2.38.